The highest BCUT2D eigenvalue weighted by atomic mass is 16.7. The van der Waals surface area contributed by atoms with Crippen molar-refractivity contribution in [2.45, 2.75) is 107 Å². The first-order valence-electron chi connectivity index (χ1n) is 12.0. The molecule has 0 spiro atoms. The van der Waals surface area contributed by atoms with Gasteiger partial charge in [-0.15, -0.1) is 0 Å². The summed E-state index contributed by atoms with van der Waals surface area (Å²) in [4.78, 5) is 8.48. The van der Waals surface area contributed by atoms with E-state index in [-0.39, 0.29) is 19.4 Å². The molecule has 2 rings (SSSR count). The molecule has 1 saturated heterocycles. The van der Waals surface area contributed by atoms with Crippen LogP contribution in [0.4, 0.5) is 0 Å². The van der Waals surface area contributed by atoms with Crippen LogP contribution < -0.4 is 0 Å². The van der Waals surface area contributed by atoms with Crippen molar-refractivity contribution in [1.29, 1.82) is 0 Å². The Morgan fingerprint density at radius 1 is 0.886 bits per heavy atom. The first-order valence-corrected chi connectivity index (χ1v) is 12.0. The molecule has 15 heteroatoms. The number of azide groups is 3. The zero-order valence-electron chi connectivity index (χ0n) is 20.1. The number of aliphatic hydroxyl groups is 2. The molecule has 0 aromatic rings. The summed E-state index contributed by atoms with van der Waals surface area (Å²) in [5.74, 6) is 0. The number of hydrogen-bond donors (Lipinski definition) is 2. The molecule has 9 atom stereocenters. The van der Waals surface area contributed by atoms with E-state index in [4.69, 9.17) is 30.0 Å². The van der Waals surface area contributed by atoms with E-state index < -0.39 is 55.0 Å². The summed E-state index contributed by atoms with van der Waals surface area (Å²) in [5, 5.41) is 32.0. The van der Waals surface area contributed by atoms with Gasteiger partial charge in [0.1, 0.15) is 18.2 Å². The van der Waals surface area contributed by atoms with Crippen molar-refractivity contribution in [2.24, 2.45) is 15.3 Å². The van der Waals surface area contributed by atoms with Crippen LogP contribution in [-0.2, 0) is 18.9 Å². The maximum absolute atomic E-state index is 10.6. The minimum atomic E-state index is -1.36. The molecule has 1 saturated carbocycles. The molecular weight excluding hydrogens is 462 g/mol. The van der Waals surface area contributed by atoms with Crippen LogP contribution in [0.3, 0.4) is 0 Å². The molecule has 1 aliphatic carbocycles. The number of unbranched alkanes of at least 4 members (excludes halogenated alkanes) is 2. The molecule has 2 aliphatic rings. The average molecular weight is 498 g/mol. The summed E-state index contributed by atoms with van der Waals surface area (Å²) in [5.41, 5.74) is 26.8. The number of aliphatic hydroxyl groups excluding tert-OH is 2. The van der Waals surface area contributed by atoms with Gasteiger partial charge in [0.2, 0.25) is 0 Å². The minimum absolute atomic E-state index is 0.0709. The van der Waals surface area contributed by atoms with Crippen LogP contribution in [0.5, 0.6) is 0 Å². The third-order valence-corrected chi connectivity index (χ3v) is 6.12. The lowest BCUT2D eigenvalue weighted by Crippen LogP contribution is -2.62. The van der Waals surface area contributed by atoms with Crippen LogP contribution in [0.1, 0.15) is 52.4 Å². The second-order valence-corrected chi connectivity index (χ2v) is 8.54. The monoisotopic (exact) mass is 497 g/mol. The van der Waals surface area contributed by atoms with Gasteiger partial charge in [0.25, 0.3) is 0 Å². The Labute approximate surface area is 203 Å². The summed E-state index contributed by atoms with van der Waals surface area (Å²) in [6.45, 7) is 4.76. The molecule has 2 N–H and O–H groups in total. The third kappa shape index (κ3) is 8.11. The minimum Gasteiger partial charge on any atom is -0.390 e. The molecule has 2 fully saturated rings. The van der Waals surface area contributed by atoms with Gasteiger partial charge in [-0.1, -0.05) is 42.0 Å². The number of rotatable bonds is 14. The Morgan fingerprint density at radius 2 is 1.54 bits per heavy atom. The fourth-order valence-corrected chi connectivity index (χ4v) is 4.21. The zero-order valence-corrected chi connectivity index (χ0v) is 20.1. The van der Waals surface area contributed by atoms with Crippen molar-refractivity contribution < 1.29 is 29.2 Å². The molecule has 0 radical (unpaired) electrons. The van der Waals surface area contributed by atoms with Crippen molar-refractivity contribution in [3.8, 4) is 0 Å². The van der Waals surface area contributed by atoms with E-state index in [1.807, 2.05) is 13.8 Å². The molecule has 196 valence electrons. The van der Waals surface area contributed by atoms with Crippen molar-refractivity contribution >= 4 is 0 Å². The van der Waals surface area contributed by atoms with Crippen molar-refractivity contribution in [3.63, 3.8) is 0 Å². The van der Waals surface area contributed by atoms with Gasteiger partial charge in [0.15, 0.2) is 6.29 Å². The van der Waals surface area contributed by atoms with Gasteiger partial charge >= 0.3 is 0 Å². The molecule has 35 heavy (non-hydrogen) atoms. The maximum atomic E-state index is 10.6. The predicted octanol–water partition coefficient (Wildman–Crippen LogP) is 3.65. The SMILES string of the molecule is CCCCOC1C(CN=[N+]=[N-])OC(OC2CCC(N=[N+]=[N-])C(O)C2O)C(N=[N+]=[N-])C1OCCCC. The lowest BCUT2D eigenvalue weighted by Gasteiger charge is -2.46. The molecule has 15 nitrogen and oxygen atoms in total. The Hall–Kier alpha value is -2.31. The van der Waals surface area contributed by atoms with Gasteiger partial charge in [-0.05, 0) is 42.3 Å². The maximum Gasteiger partial charge on any atom is 0.169 e. The molecule has 1 aliphatic heterocycles. The smallest absolute Gasteiger partial charge is 0.169 e. The zero-order chi connectivity index (χ0) is 25.6. The van der Waals surface area contributed by atoms with Gasteiger partial charge in [0.05, 0.1) is 37.0 Å². The first kappa shape index (κ1) is 28.9. The second-order valence-electron chi connectivity index (χ2n) is 8.54. The number of nitrogens with zero attached hydrogens (tertiary/aromatic N) is 9. The Bertz CT molecular complexity index is 787. The van der Waals surface area contributed by atoms with Crippen LogP contribution in [-0.4, -0.2) is 85.0 Å². The summed E-state index contributed by atoms with van der Waals surface area (Å²) < 4.78 is 24.3. The molecule has 0 aromatic heterocycles. The predicted molar refractivity (Wildman–Crippen MR) is 124 cm³/mol. The quantitative estimate of drug-likeness (QED) is 0.157. The van der Waals surface area contributed by atoms with Crippen molar-refractivity contribution in [1.82, 2.24) is 0 Å². The van der Waals surface area contributed by atoms with Crippen LogP contribution in [0, 0.1) is 0 Å². The fraction of sp³-hybridized carbons (Fsp3) is 1.00. The highest BCUT2D eigenvalue weighted by molar-refractivity contribution is 4.99. The molecular formula is C20H35N9O6. The Kier molecular flexibility index (Phi) is 12.9. The van der Waals surface area contributed by atoms with E-state index in [9.17, 15) is 15.7 Å². The van der Waals surface area contributed by atoms with E-state index in [2.05, 4.69) is 30.1 Å². The normalized spacial score (nSPS) is 34.8. The van der Waals surface area contributed by atoms with Gasteiger partial charge in [-0.3, -0.25) is 0 Å². The average Bonchev–Trinajstić information content (AvgIpc) is 2.85. The van der Waals surface area contributed by atoms with Gasteiger partial charge in [-0.25, -0.2) is 0 Å². The first-order chi connectivity index (χ1) is 17.0. The van der Waals surface area contributed by atoms with Gasteiger partial charge < -0.3 is 29.2 Å². The van der Waals surface area contributed by atoms with Gasteiger partial charge in [0, 0.05) is 27.9 Å². The number of hydrogen-bond acceptors (Lipinski definition) is 9. The summed E-state index contributed by atoms with van der Waals surface area (Å²) in [7, 11) is 0. The molecule has 0 bridgehead atoms. The van der Waals surface area contributed by atoms with Crippen molar-refractivity contribution in [2.75, 3.05) is 19.8 Å². The van der Waals surface area contributed by atoms with Crippen LogP contribution >= 0.6 is 0 Å². The highest BCUT2D eigenvalue weighted by Crippen LogP contribution is 2.33. The molecule has 1 heterocycles. The van der Waals surface area contributed by atoms with E-state index in [0.29, 0.717) is 13.2 Å². The topological polar surface area (TPSA) is 224 Å². The summed E-state index contributed by atoms with van der Waals surface area (Å²) >= 11 is 0. The van der Waals surface area contributed by atoms with E-state index >= 15 is 0 Å². The van der Waals surface area contributed by atoms with Crippen LogP contribution in [0.2, 0.25) is 0 Å². The van der Waals surface area contributed by atoms with E-state index in [0.717, 1.165) is 25.7 Å². The van der Waals surface area contributed by atoms with E-state index in [1.54, 1.807) is 0 Å². The highest BCUT2D eigenvalue weighted by Gasteiger charge is 2.49. The van der Waals surface area contributed by atoms with Gasteiger partial charge in [-0.2, -0.15) is 0 Å². The Morgan fingerprint density at radius 3 is 2.14 bits per heavy atom. The lowest BCUT2D eigenvalue weighted by molar-refractivity contribution is -0.296. The fourth-order valence-electron chi connectivity index (χ4n) is 4.21. The second kappa shape index (κ2) is 15.6. The molecule has 0 aromatic carbocycles. The van der Waals surface area contributed by atoms with Crippen LogP contribution in [0.15, 0.2) is 15.3 Å². The van der Waals surface area contributed by atoms with E-state index in [1.165, 1.54) is 0 Å². The molecule has 9 unspecified atom stereocenters. The standard InChI is InChI=1S/C20H35N9O6/c1-3-5-9-32-18-14(11-24-27-21)35-20(15(26-29-23)19(18)33-10-6-4-2)34-13-8-7-12(25-28-22)16(30)17(13)31/h12-20,30-31H,3-11H2,1-2H3. The summed E-state index contributed by atoms with van der Waals surface area (Å²) in [6.07, 6.45) is -3.03. The lowest BCUT2D eigenvalue weighted by atomic mass is 9.88. The van der Waals surface area contributed by atoms with Crippen LogP contribution in [0.25, 0.3) is 31.3 Å². The van der Waals surface area contributed by atoms with Crippen molar-refractivity contribution in [3.05, 3.63) is 31.3 Å². The largest absolute Gasteiger partial charge is 0.390 e. The number of ether oxygens (including phenoxy) is 4. The Balaban J connectivity index is 2.31. The third-order valence-electron chi connectivity index (χ3n) is 6.12. The summed E-state index contributed by atoms with van der Waals surface area (Å²) in [6, 6.07) is -1.75. The molecule has 0 amide bonds.